The van der Waals surface area contributed by atoms with Gasteiger partial charge in [-0.3, -0.25) is 4.79 Å². The van der Waals surface area contributed by atoms with Crippen LogP contribution in [-0.2, 0) is 10.2 Å². The van der Waals surface area contributed by atoms with E-state index in [9.17, 15) is 4.79 Å². The van der Waals surface area contributed by atoms with E-state index in [0.29, 0.717) is 12.2 Å². The molecule has 88 valence electrons. The molecule has 0 bridgehead atoms. The van der Waals surface area contributed by atoms with E-state index in [1.54, 1.807) is 6.92 Å². The summed E-state index contributed by atoms with van der Waals surface area (Å²) < 4.78 is 5.20. The summed E-state index contributed by atoms with van der Waals surface area (Å²) in [6, 6.07) is 7.79. The minimum absolute atomic E-state index is 0.120. The molecule has 0 heterocycles. The summed E-state index contributed by atoms with van der Waals surface area (Å²) in [4.78, 5) is 11.2. The van der Waals surface area contributed by atoms with Gasteiger partial charge in [0.05, 0.1) is 0 Å². The molecule has 0 aliphatic carbocycles. The van der Waals surface area contributed by atoms with Crippen LogP contribution in [0.5, 0.6) is 5.75 Å². The fraction of sp³-hybridized carbons (Fsp3) is 0.500. The maximum Gasteiger partial charge on any atom is 0.310 e. The normalized spacial score (nSPS) is 11.2. The second-order valence-corrected chi connectivity index (χ2v) is 4.59. The summed E-state index contributed by atoms with van der Waals surface area (Å²) in [6.45, 7) is 8.33. The van der Waals surface area contributed by atoms with E-state index in [-0.39, 0.29) is 11.4 Å². The van der Waals surface area contributed by atoms with E-state index >= 15 is 0 Å². The molecule has 1 aromatic rings. The molecule has 0 saturated heterocycles. The van der Waals surface area contributed by atoms with Gasteiger partial charge in [0.15, 0.2) is 0 Å². The minimum atomic E-state index is -0.188. The lowest BCUT2D eigenvalue weighted by molar-refractivity contribution is -0.134. The first kappa shape index (κ1) is 12.8. The molecule has 1 aromatic carbocycles. The summed E-state index contributed by atoms with van der Waals surface area (Å²) >= 11 is 0. The number of carbonyl (C=O) groups excluding carboxylic acids is 1. The van der Waals surface area contributed by atoms with Gasteiger partial charge in [-0.2, -0.15) is 0 Å². The van der Waals surface area contributed by atoms with Gasteiger partial charge in [0, 0.05) is 6.42 Å². The van der Waals surface area contributed by atoms with Crippen LogP contribution in [-0.4, -0.2) is 5.97 Å². The van der Waals surface area contributed by atoms with E-state index in [1.165, 1.54) is 5.56 Å². The monoisotopic (exact) mass is 220 g/mol. The fourth-order valence-corrected chi connectivity index (χ4v) is 1.39. The van der Waals surface area contributed by atoms with Gasteiger partial charge in [-0.15, -0.1) is 0 Å². The largest absolute Gasteiger partial charge is 0.427 e. The predicted molar refractivity (Wildman–Crippen MR) is 65.7 cm³/mol. The van der Waals surface area contributed by atoms with E-state index in [4.69, 9.17) is 4.74 Å². The number of ether oxygens (including phenoxy) is 1. The smallest absolute Gasteiger partial charge is 0.310 e. The number of rotatable bonds is 4. The molecule has 0 aromatic heterocycles. The fourth-order valence-electron chi connectivity index (χ4n) is 1.39. The first-order valence-corrected chi connectivity index (χ1v) is 5.81. The van der Waals surface area contributed by atoms with Crippen LogP contribution >= 0.6 is 0 Å². The second-order valence-electron chi connectivity index (χ2n) is 4.59. The van der Waals surface area contributed by atoms with Crippen LogP contribution < -0.4 is 4.74 Å². The van der Waals surface area contributed by atoms with Gasteiger partial charge >= 0.3 is 5.97 Å². The first-order valence-electron chi connectivity index (χ1n) is 5.81. The summed E-state index contributed by atoms with van der Waals surface area (Å²) in [6.07, 6.45) is 1.46. The molecule has 0 radical (unpaired) electrons. The van der Waals surface area contributed by atoms with E-state index in [0.717, 1.165) is 6.42 Å². The van der Waals surface area contributed by atoms with E-state index in [1.807, 2.05) is 18.2 Å². The van der Waals surface area contributed by atoms with Gasteiger partial charge in [0.1, 0.15) is 5.75 Å². The number of benzene rings is 1. The Labute approximate surface area is 97.6 Å². The van der Waals surface area contributed by atoms with Crippen LogP contribution in [0.4, 0.5) is 0 Å². The molecule has 2 heteroatoms. The third-order valence-electron chi connectivity index (χ3n) is 3.02. The first-order chi connectivity index (χ1) is 7.49. The van der Waals surface area contributed by atoms with E-state index < -0.39 is 0 Å². The van der Waals surface area contributed by atoms with Crippen LogP contribution in [0, 0.1) is 0 Å². The minimum Gasteiger partial charge on any atom is -0.427 e. The highest BCUT2D eigenvalue weighted by molar-refractivity contribution is 5.71. The van der Waals surface area contributed by atoms with Crippen molar-refractivity contribution in [2.45, 2.75) is 46.0 Å². The molecule has 0 spiro atoms. The zero-order valence-corrected chi connectivity index (χ0v) is 10.5. The van der Waals surface area contributed by atoms with Crippen molar-refractivity contribution in [1.29, 1.82) is 0 Å². The van der Waals surface area contributed by atoms with Crippen molar-refractivity contribution in [1.82, 2.24) is 0 Å². The molecular weight excluding hydrogens is 200 g/mol. The zero-order valence-electron chi connectivity index (χ0n) is 10.5. The Morgan fingerprint density at radius 3 is 2.56 bits per heavy atom. The van der Waals surface area contributed by atoms with Gasteiger partial charge < -0.3 is 4.74 Å². The van der Waals surface area contributed by atoms with Crippen LogP contribution in [0.1, 0.15) is 46.1 Å². The Bertz CT molecular complexity index is 367. The van der Waals surface area contributed by atoms with Crippen molar-refractivity contribution in [2.24, 2.45) is 0 Å². The van der Waals surface area contributed by atoms with Crippen molar-refractivity contribution < 1.29 is 9.53 Å². The highest BCUT2D eigenvalue weighted by Gasteiger charge is 2.18. The van der Waals surface area contributed by atoms with Crippen LogP contribution in [0.25, 0.3) is 0 Å². The SMILES string of the molecule is CCC(=O)Oc1cccc(C(C)(C)CC)c1. The van der Waals surface area contributed by atoms with Gasteiger partial charge in [0.25, 0.3) is 0 Å². The number of hydrogen-bond donors (Lipinski definition) is 0. The molecule has 0 unspecified atom stereocenters. The second kappa shape index (κ2) is 5.15. The predicted octanol–water partition coefficient (Wildman–Crippen LogP) is 3.69. The Balaban J connectivity index is 2.91. The quantitative estimate of drug-likeness (QED) is 0.571. The lowest BCUT2D eigenvalue weighted by atomic mass is 9.82. The Kier molecular flexibility index (Phi) is 4.11. The molecule has 16 heavy (non-hydrogen) atoms. The average molecular weight is 220 g/mol. The number of esters is 1. The average Bonchev–Trinajstić information content (AvgIpc) is 2.29. The summed E-state index contributed by atoms with van der Waals surface area (Å²) in [5.74, 6) is 0.456. The van der Waals surface area contributed by atoms with Crippen molar-refractivity contribution in [2.75, 3.05) is 0 Å². The highest BCUT2D eigenvalue weighted by Crippen LogP contribution is 2.29. The lowest BCUT2D eigenvalue weighted by Gasteiger charge is -2.23. The Hall–Kier alpha value is -1.31. The van der Waals surface area contributed by atoms with Crippen molar-refractivity contribution in [3.05, 3.63) is 29.8 Å². The number of carbonyl (C=O) groups is 1. The van der Waals surface area contributed by atoms with Crippen molar-refractivity contribution >= 4 is 5.97 Å². The third kappa shape index (κ3) is 3.09. The Morgan fingerprint density at radius 1 is 1.31 bits per heavy atom. The standard InChI is InChI=1S/C14H20O2/c1-5-13(15)16-12-9-7-8-11(10-12)14(3,4)6-2/h7-10H,5-6H2,1-4H3. The zero-order chi connectivity index (χ0) is 12.2. The Morgan fingerprint density at radius 2 is 2.00 bits per heavy atom. The van der Waals surface area contributed by atoms with Crippen LogP contribution in [0.15, 0.2) is 24.3 Å². The van der Waals surface area contributed by atoms with Crippen LogP contribution in [0.3, 0.4) is 0 Å². The molecule has 0 saturated carbocycles. The molecule has 0 aliphatic heterocycles. The number of hydrogen-bond acceptors (Lipinski definition) is 2. The molecule has 0 aliphatic rings. The maximum absolute atomic E-state index is 11.2. The molecule has 0 amide bonds. The summed E-state index contributed by atoms with van der Waals surface area (Å²) in [5.41, 5.74) is 1.32. The van der Waals surface area contributed by atoms with E-state index in [2.05, 4.69) is 26.8 Å². The highest BCUT2D eigenvalue weighted by atomic mass is 16.5. The lowest BCUT2D eigenvalue weighted by Crippen LogP contribution is -2.15. The van der Waals surface area contributed by atoms with Gasteiger partial charge in [-0.1, -0.05) is 39.8 Å². The van der Waals surface area contributed by atoms with Gasteiger partial charge in [-0.25, -0.2) is 0 Å². The third-order valence-corrected chi connectivity index (χ3v) is 3.02. The topological polar surface area (TPSA) is 26.3 Å². The van der Waals surface area contributed by atoms with Crippen molar-refractivity contribution in [3.63, 3.8) is 0 Å². The maximum atomic E-state index is 11.2. The van der Waals surface area contributed by atoms with Gasteiger partial charge in [-0.05, 0) is 29.5 Å². The van der Waals surface area contributed by atoms with Crippen molar-refractivity contribution in [3.8, 4) is 5.75 Å². The molecule has 0 N–H and O–H groups in total. The molecular formula is C14H20O2. The van der Waals surface area contributed by atoms with Gasteiger partial charge in [0.2, 0.25) is 0 Å². The molecule has 2 nitrogen and oxygen atoms in total. The van der Waals surface area contributed by atoms with Crippen LogP contribution in [0.2, 0.25) is 0 Å². The summed E-state index contributed by atoms with van der Waals surface area (Å²) in [7, 11) is 0. The summed E-state index contributed by atoms with van der Waals surface area (Å²) in [5, 5.41) is 0. The molecule has 0 fully saturated rings. The molecule has 0 atom stereocenters. The molecule has 1 rings (SSSR count).